The second-order valence-corrected chi connectivity index (χ2v) is 4.42. The topological polar surface area (TPSA) is 0 Å². The molecule has 1 heteroatoms. The van der Waals surface area contributed by atoms with Gasteiger partial charge in [0, 0.05) is 4.86 Å². The molecular weight excluding hydrogens is 176 g/mol. The Kier molecular flexibility index (Phi) is 5.29. The third-order valence-electron chi connectivity index (χ3n) is 2.84. The second-order valence-electron chi connectivity index (χ2n) is 3.94. The van der Waals surface area contributed by atoms with Crippen molar-refractivity contribution in [3.8, 4) is 0 Å². The summed E-state index contributed by atoms with van der Waals surface area (Å²) in [5, 5.41) is 0. The van der Waals surface area contributed by atoms with Crippen molar-refractivity contribution in [2.75, 3.05) is 0 Å². The fourth-order valence-electron chi connectivity index (χ4n) is 2.04. The van der Waals surface area contributed by atoms with Gasteiger partial charge in [0.15, 0.2) is 0 Å². The number of hydrogen-bond donors (Lipinski definition) is 0. The molecule has 0 atom stereocenters. The molecule has 0 heterocycles. The van der Waals surface area contributed by atoms with Crippen LogP contribution in [0, 0.1) is 5.92 Å². The molecule has 1 saturated carbocycles. The number of rotatable bonds is 2. The van der Waals surface area contributed by atoms with E-state index in [0.29, 0.717) is 5.92 Å². The van der Waals surface area contributed by atoms with E-state index >= 15 is 0 Å². The normalized spacial score (nSPS) is 21.3. The average Bonchev–Trinajstić information content (AvgIpc) is 2.03. The van der Waals surface area contributed by atoms with Crippen LogP contribution < -0.4 is 0 Å². The third kappa shape index (κ3) is 4.04. The lowest BCUT2D eigenvalue weighted by molar-refractivity contribution is 0.456. The highest BCUT2D eigenvalue weighted by molar-refractivity contribution is 7.80. The standard InChI is InChI=1S/C12H20S/c1-2-8-12(13)11-9-6-4-3-5-7-10-11/h2,8,11H,3-7,9-10H2,1H3/b8-2-. The third-order valence-corrected chi connectivity index (χ3v) is 3.31. The van der Waals surface area contributed by atoms with Crippen LogP contribution in [0.25, 0.3) is 0 Å². The monoisotopic (exact) mass is 196 g/mol. The molecule has 1 aliphatic rings. The van der Waals surface area contributed by atoms with E-state index in [0.717, 1.165) is 0 Å². The second kappa shape index (κ2) is 6.31. The molecule has 1 rings (SSSR count). The van der Waals surface area contributed by atoms with Crippen molar-refractivity contribution < 1.29 is 0 Å². The summed E-state index contributed by atoms with van der Waals surface area (Å²) >= 11 is 5.39. The van der Waals surface area contributed by atoms with Gasteiger partial charge in [-0.25, -0.2) is 0 Å². The van der Waals surface area contributed by atoms with E-state index in [4.69, 9.17) is 12.2 Å². The summed E-state index contributed by atoms with van der Waals surface area (Å²) in [5.41, 5.74) is 0. The van der Waals surface area contributed by atoms with Crippen molar-refractivity contribution in [2.24, 2.45) is 5.92 Å². The zero-order chi connectivity index (χ0) is 9.52. The van der Waals surface area contributed by atoms with Gasteiger partial charge in [0.25, 0.3) is 0 Å². The zero-order valence-corrected chi connectivity index (χ0v) is 9.41. The van der Waals surface area contributed by atoms with Crippen LogP contribution >= 0.6 is 12.2 Å². The first-order chi connectivity index (χ1) is 6.34. The summed E-state index contributed by atoms with van der Waals surface area (Å²) in [5.74, 6) is 0.700. The minimum absolute atomic E-state index is 0.700. The molecular formula is C12H20S. The lowest BCUT2D eigenvalue weighted by atomic mass is 9.89. The molecule has 0 saturated heterocycles. The number of hydrogen-bond acceptors (Lipinski definition) is 1. The van der Waals surface area contributed by atoms with E-state index in [1.54, 1.807) is 0 Å². The molecule has 0 aromatic heterocycles. The molecule has 1 fully saturated rings. The van der Waals surface area contributed by atoms with E-state index < -0.39 is 0 Å². The molecule has 0 aromatic carbocycles. The van der Waals surface area contributed by atoms with E-state index in [1.165, 1.54) is 49.8 Å². The minimum Gasteiger partial charge on any atom is -0.0865 e. The Hall–Kier alpha value is -0.170. The Bertz CT molecular complexity index is 174. The van der Waals surface area contributed by atoms with Gasteiger partial charge in [0.1, 0.15) is 0 Å². The molecule has 0 N–H and O–H groups in total. The molecule has 0 bridgehead atoms. The van der Waals surface area contributed by atoms with Gasteiger partial charge < -0.3 is 0 Å². The van der Waals surface area contributed by atoms with E-state index in [1.807, 2.05) is 0 Å². The molecule has 0 aromatic rings. The Labute approximate surface area is 87.4 Å². The van der Waals surface area contributed by atoms with Crippen LogP contribution in [0.3, 0.4) is 0 Å². The van der Waals surface area contributed by atoms with Crippen LogP contribution in [0.1, 0.15) is 51.9 Å². The highest BCUT2D eigenvalue weighted by Gasteiger charge is 2.13. The Morgan fingerprint density at radius 2 is 1.62 bits per heavy atom. The van der Waals surface area contributed by atoms with E-state index in [9.17, 15) is 0 Å². The van der Waals surface area contributed by atoms with Gasteiger partial charge in [0.05, 0.1) is 0 Å². The van der Waals surface area contributed by atoms with Gasteiger partial charge in [-0.3, -0.25) is 0 Å². The van der Waals surface area contributed by atoms with Crippen LogP contribution in [0.5, 0.6) is 0 Å². The summed E-state index contributed by atoms with van der Waals surface area (Å²) in [4.78, 5) is 1.18. The molecule has 0 amide bonds. The maximum atomic E-state index is 5.39. The van der Waals surface area contributed by atoms with Gasteiger partial charge in [-0.2, -0.15) is 0 Å². The van der Waals surface area contributed by atoms with Crippen molar-refractivity contribution in [3.05, 3.63) is 12.2 Å². The first kappa shape index (κ1) is 10.9. The molecule has 0 aliphatic heterocycles. The number of allylic oxidation sites excluding steroid dienone is 2. The van der Waals surface area contributed by atoms with Crippen LogP contribution in [0.4, 0.5) is 0 Å². The van der Waals surface area contributed by atoms with Gasteiger partial charge in [-0.15, -0.1) is 0 Å². The fraction of sp³-hybridized carbons (Fsp3) is 0.750. The first-order valence-electron chi connectivity index (χ1n) is 5.51. The average molecular weight is 196 g/mol. The van der Waals surface area contributed by atoms with Crippen molar-refractivity contribution >= 4 is 17.1 Å². The van der Waals surface area contributed by atoms with Gasteiger partial charge in [-0.05, 0) is 25.7 Å². The van der Waals surface area contributed by atoms with Crippen molar-refractivity contribution in [2.45, 2.75) is 51.9 Å². The zero-order valence-electron chi connectivity index (χ0n) is 8.59. The predicted molar refractivity (Wildman–Crippen MR) is 63.2 cm³/mol. The van der Waals surface area contributed by atoms with Crippen LogP contribution in [-0.4, -0.2) is 4.86 Å². The van der Waals surface area contributed by atoms with E-state index in [-0.39, 0.29) is 0 Å². The Morgan fingerprint density at radius 1 is 1.08 bits per heavy atom. The lowest BCUT2D eigenvalue weighted by Crippen LogP contribution is -2.11. The van der Waals surface area contributed by atoms with Crippen LogP contribution in [-0.2, 0) is 0 Å². The molecule has 0 unspecified atom stereocenters. The Morgan fingerprint density at radius 3 is 2.15 bits per heavy atom. The Balaban J connectivity index is 2.40. The molecule has 1 aliphatic carbocycles. The molecule has 0 radical (unpaired) electrons. The summed E-state index contributed by atoms with van der Waals surface area (Å²) in [7, 11) is 0. The first-order valence-corrected chi connectivity index (χ1v) is 5.92. The summed E-state index contributed by atoms with van der Waals surface area (Å²) in [6.45, 7) is 2.05. The van der Waals surface area contributed by atoms with Gasteiger partial charge >= 0.3 is 0 Å². The summed E-state index contributed by atoms with van der Waals surface area (Å²) < 4.78 is 0. The molecule has 74 valence electrons. The highest BCUT2D eigenvalue weighted by atomic mass is 32.1. The summed E-state index contributed by atoms with van der Waals surface area (Å²) in [6.07, 6.45) is 13.8. The van der Waals surface area contributed by atoms with Gasteiger partial charge in [0.2, 0.25) is 0 Å². The SMILES string of the molecule is C/C=C\C(=S)C1CCCCCCC1. The highest BCUT2D eigenvalue weighted by Crippen LogP contribution is 2.23. The maximum Gasteiger partial charge on any atom is 0.0179 e. The number of thiocarbonyl (C=S) groups is 1. The minimum atomic E-state index is 0.700. The van der Waals surface area contributed by atoms with Crippen LogP contribution in [0.15, 0.2) is 12.2 Å². The predicted octanol–water partition coefficient (Wildman–Crippen LogP) is 4.29. The molecule has 0 spiro atoms. The van der Waals surface area contributed by atoms with Gasteiger partial charge in [-0.1, -0.05) is 56.5 Å². The maximum absolute atomic E-state index is 5.39. The summed E-state index contributed by atoms with van der Waals surface area (Å²) in [6, 6.07) is 0. The molecule has 13 heavy (non-hydrogen) atoms. The smallest absolute Gasteiger partial charge is 0.0179 e. The fourth-order valence-corrected chi connectivity index (χ4v) is 2.41. The molecule has 0 nitrogen and oxygen atoms in total. The largest absolute Gasteiger partial charge is 0.0865 e. The van der Waals surface area contributed by atoms with Crippen molar-refractivity contribution in [1.82, 2.24) is 0 Å². The van der Waals surface area contributed by atoms with E-state index in [2.05, 4.69) is 19.1 Å². The van der Waals surface area contributed by atoms with Crippen molar-refractivity contribution in [1.29, 1.82) is 0 Å². The quantitative estimate of drug-likeness (QED) is 0.469. The lowest BCUT2D eigenvalue weighted by Gasteiger charge is -2.18. The van der Waals surface area contributed by atoms with Crippen LogP contribution in [0.2, 0.25) is 0 Å². The van der Waals surface area contributed by atoms with Crippen molar-refractivity contribution in [3.63, 3.8) is 0 Å².